The third kappa shape index (κ3) is 7.07. The Kier molecular flexibility index (Phi) is 11.8. The van der Waals surface area contributed by atoms with Crippen molar-refractivity contribution in [2.75, 3.05) is 31.1 Å². The van der Waals surface area contributed by atoms with E-state index in [1.165, 1.54) is 123 Å². The van der Waals surface area contributed by atoms with Crippen LogP contribution in [0.5, 0.6) is 0 Å². The molecular formula is C37H54N2. The third-order valence-electron chi connectivity index (χ3n) is 8.75. The second kappa shape index (κ2) is 15.5. The molecule has 0 saturated heterocycles. The van der Waals surface area contributed by atoms with Gasteiger partial charge in [0.25, 0.3) is 0 Å². The number of anilines is 1. The fourth-order valence-corrected chi connectivity index (χ4v) is 6.63. The van der Waals surface area contributed by atoms with Crippen molar-refractivity contribution in [3.8, 4) is 11.1 Å². The minimum absolute atomic E-state index is 0.359. The Bertz CT molecular complexity index is 1130. The van der Waals surface area contributed by atoms with E-state index in [0.717, 1.165) is 13.1 Å². The van der Waals surface area contributed by atoms with Crippen molar-refractivity contribution in [1.82, 2.24) is 4.90 Å². The number of hydrogen-bond acceptors (Lipinski definition) is 2. The van der Waals surface area contributed by atoms with E-state index >= 15 is 0 Å². The molecule has 1 atom stereocenters. The van der Waals surface area contributed by atoms with E-state index in [4.69, 9.17) is 0 Å². The molecule has 1 aliphatic carbocycles. The molecule has 0 N–H and O–H groups in total. The highest BCUT2D eigenvalue weighted by Gasteiger charge is 2.35. The highest BCUT2D eigenvalue weighted by molar-refractivity contribution is 6.04. The standard InChI is InChI=1S/C37H54N2/c1-5-9-17-25-38(26-18-10-6-2)35-29-34-30-21-13-16-24-33(30)37(36(34)32-23-15-14-22-31(32)35)39(27-19-11-7-3)28-20-12-8-4/h13-16,21-24,29,37H,5-12,17-20,25-28H2,1-4H3. The molecule has 2 heteroatoms. The monoisotopic (exact) mass is 526 g/mol. The molecule has 0 spiro atoms. The molecule has 1 aliphatic rings. The molecule has 212 valence electrons. The smallest absolute Gasteiger partial charge is 0.0620 e. The van der Waals surface area contributed by atoms with Gasteiger partial charge in [-0.25, -0.2) is 0 Å². The van der Waals surface area contributed by atoms with Crippen molar-refractivity contribution in [3.05, 3.63) is 65.7 Å². The SMILES string of the molecule is CCCCCN(CCCCC)c1cc2c(c3ccccc13)C(N(CCCCC)CCCCC)c1ccccc1-2. The summed E-state index contributed by atoms with van der Waals surface area (Å²) < 4.78 is 0. The van der Waals surface area contributed by atoms with Crippen LogP contribution in [0.1, 0.15) is 122 Å². The Balaban J connectivity index is 1.83. The van der Waals surface area contributed by atoms with Crippen LogP contribution < -0.4 is 4.90 Å². The molecule has 0 heterocycles. The molecule has 0 radical (unpaired) electrons. The minimum atomic E-state index is 0.359. The molecule has 4 rings (SSSR count). The van der Waals surface area contributed by atoms with Crippen molar-refractivity contribution >= 4 is 16.5 Å². The first-order valence-electron chi connectivity index (χ1n) is 16.4. The van der Waals surface area contributed by atoms with E-state index in [9.17, 15) is 0 Å². The lowest BCUT2D eigenvalue weighted by molar-refractivity contribution is 0.220. The van der Waals surface area contributed by atoms with Crippen LogP contribution in [0.3, 0.4) is 0 Å². The summed E-state index contributed by atoms with van der Waals surface area (Å²) in [6.07, 6.45) is 15.5. The second-order valence-electron chi connectivity index (χ2n) is 11.7. The van der Waals surface area contributed by atoms with Gasteiger partial charge < -0.3 is 4.90 Å². The van der Waals surface area contributed by atoms with Crippen LogP contribution in [0.25, 0.3) is 21.9 Å². The summed E-state index contributed by atoms with van der Waals surface area (Å²) in [4.78, 5) is 5.56. The van der Waals surface area contributed by atoms with E-state index in [2.05, 4.69) is 92.1 Å². The maximum absolute atomic E-state index is 2.84. The molecule has 2 nitrogen and oxygen atoms in total. The third-order valence-corrected chi connectivity index (χ3v) is 8.75. The minimum Gasteiger partial charge on any atom is -0.371 e. The molecular weight excluding hydrogens is 472 g/mol. The van der Waals surface area contributed by atoms with Crippen molar-refractivity contribution in [3.63, 3.8) is 0 Å². The Morgan fingerprint density at radius 3 is 1.64 bits per heavy atom. The molecule has 0 aliphatic heterocycles. The topological polar surface area (TPSA) is 6.48 Å². The summed E-state index contributed by atoms with van der Waals surface area (Å²) in [7, 11) is 0. The van der Waals surface area contributed by atoms with Gasteiger partial charge in [-0.1, -0.05) is 128 Å². The summed E-state index contributed by atoms with van der Waals surface area (Å²) in [5.74, 6) is 0. The normalized spacial score (nSPS) is 14.2. The summed E-state index contributed by atoms with van der Waals surface area (Å²) in [5, 5.41) is 2.92. The Hall–Kier alpha value is -2.32. The zero-order chi connectivity index (χ0) is 27.5. The van der Waals surface area contributed by atoms with Gasteiger partial charge in [-0.2, -0.15) is 0 Å². The predicted molar refractivity (Wildman–Crippen MR) is 173 cm³/mol. The van der Waals surface area contributed by atoms with Crippen LogP contribution in [0.2, 0.25) is 0 Å². The van der Waals surface area contributed by atoms with Crippen LogP contribution in [0.15, 0.2) is 54.6 Å². The first-order valence-corrected chi connectivity index (χ1v) is 16.4. The lowest BCUT2D eigenvalue weighted by Crippen LogP contribution is -2.31. The number of nitrogens with zero attached hydrogens (tertiary/aromatic N) is 2. The van der Waals surface area contributed by atoms with Gasteiger partial charge in [0, 0.05) is 24.2 Å². The zero-order valence-corrected chi connectivity index (χ0v) is 25.5. The van der Waals surface area contributed by atoms with Crippen LogP contribution in [0.4, 0.5) is 5.69 Å². The van der Waals surface area contributed by atoms with Gasteiger partial charge in [0.1, 0.15) is 0 Å². The fourth-order valence-electron chi connectivity index (χ4n) is 6.63. The fraction of sp³-hybridized carbons (Fsp3) is 0.568. The summed E-state index contributed by atoms with van der Waals surface area (Å²) >= 11 is 0. The van der Waals surface area contributed by atoms with Crippen molar-refractivity contribution in [1.29, 1.82) is 0 Å². The Morgan fingerprint density at radius 1 is 0.538 bits per heavy atom. The van der Waals surface area contributed by atoms with E-state index in [0.29, 0.717) is 6.04 Å². The summed E-state index contributed by atoms with van der Waals surface area (Å²) in [6, 6.07) is 21.6. The van der Waals surface area contributed by atoms with E-state index in [1.54, 1.807) is 5.56 Å². The van der Waals surface area contributed by atoms with Crippen LogP contribution in [-0.4, -0.2) is 31.1 Å². The van der Waals surface area contributed by atoms with Gasteiger partial charge in [0.15, 0.2) is 0 Å². The summed E-state index contributed by atoms with van der Waals surface area (Å²) in [6.45, 7) is 14.0. The first-order chi connectivity index (χ1) is 19.2. The van der Waals surface area contributed by atoms with Crippen LogP contribution >= 0.6 is 0 Å². The van der Waals surface area contributed by atoms with Gasteiger partial charge in [0.2, 0.25) is 0 Å². The second-order valence-corrected chi connectivity index (χ2v) is 11.7. The van der Waals surface area contributed by atoms with Crippen molar-refractivity contribution < 1.29 is 0 Å². The number of rotatable bonds is 18. The quantitative estimate of drug-likeness (QED) is 0.152. The predicted octanol–water partition coefficient (Wildman–Crippen LogP) is 10.8. The van der Waals surface area contributed by atoms with Crippen LogP contribution in [0, 0.1) is 0 Å². The van der Waals surface area contributed by atoms with Gasteiger partial charge in [0.05, 0.1) is 6.04 Å². The average molecular weight is 527 g/mol. The van der Waals surface area contributed by atoms with E-state index in [-0.39, 0.29) is 0 Å². The molecule has 0 amide bonds. The molecule has 0 saturated carbocycles. The maximum Gasteiger partial charge on any atom is 0.0620 e. The largest absolute Gasteiger partial charge is 0.371 e. The van der Waals surface area contributed by atoms with Crippen molar-refractivity contribution in [2.45, 2.75) is 111 Å². The molecule has 0 aromatic heterocycles. The van der Waals surface area contributed by atoms with Gasteiger partial charge >= 0.3 is 0 Å². The maximum atomic E-state index is 2.84. The first kappa shape index (κ1) is 29.7. The molecule has 0 bridgehead atoms. The molecule has 1 unspecified atom stereocenters. The average Bonchev–Trinajstić information content (AvgIpc) is 3.30. The van der Waals surface area contributed by atoms with Crippen LogP contribution in [-0.2, 0) is 0 Å². The highest BCUT2D eigenvalue weighted by atomic mass is 15.2. The highest BCUT2D eigenvalue weighted by Crippen LogP contribution is 2.51. The molecule has 3 aromatic rings. The van der Waals surface area contributed by atoms with Gasteiger partial charge in [-0.05, 0) is 72.5 Å². The van der Waals surface area contributed by atoms with Gasteiger partial charge in [-0.15, -0.1) is 0 Å². The Morgan fingerprint density at radius 2 is 1.05 bits per heavy atom. The summed E-state index contributed by atoms with van der Waals surface area (Å²) in [5.41, 5.74) is 7.48. The molecule has 3 aromatic carbocycles. The van der Waals surface area contributed by atoms with Crippen molar-refractivity contribution in [2.24, 2.45) is 0 Å². The lowest BCUT2D eigenvalue weighted by Gasteiger charge is -2.32. The molecule has 39 heavy (non-hydrogen) atoms. The number of unbranched alkanes of at least 4 members (excludes halogenated alkanes) is 8. The van der Waals surface area contributed by atoms with E-state index in [1.807, 2.05) is 0 Å². The lowest BCUT2D eigenvalue weighted by atomic mass is 9.94. The zero-order valence-electron chi connectivity index (χ0n) is 25.5. The molecule has 0 fully saturated rings. The number of benzene rings is 3. The number of hydrogen-bond donors (Lipinski definition) is 0. The Labute approximate surface area is 239 Å². The van der Waals surface area contributed by atoms with E-state index < -0.39 is 0 Å². The van der Waals surface area contributed by atoms with Gasteiger partial charge in [-0.3, -0.25) is 4.90 Å². The number of fused-ring (bicyclic) bond motifs is 5.